The van der Waals surface area contributed by atoms with E-state index in [1.807, 2.05) is 115 Å². The fourth-order valence-electron chi connectivity index (χ4n) is 8.36. The standard InChI is InChI=1S/C32H20NO.C28H26Si.Ir/c1-20-19-33-30(18-27(20)21-8-3-2-4-9-21)26-13-7-12-25-29-17-28-23(16-31(29)34-32(25)26)15-14-22-10-5-6-11-24(22)28;1-29(2,3)28-18-17-26(21-27(28)19-22-11-6-4-7-12-22)25-16-10-15-24(20-25)23-13-8-5-9-14-23;/h2-12,14-19H,1H3;4-15,18,20-21H,19H2,1-3H3;/q-1;-2;+3/i1D3;19D2;. The van der Waals surface area contributed by atoms with Crippen molar-refractivity contribution in [3.05, 3.63) is 229 Å². The fourth-order valence-corrected chi connectivity index (χ4v) is 9.81. The molecule has 0 fully saturated rings. The number of benzene rings is 9. The molecule has 0 aliphatic heterocycles. The van der Waals surface area contributed by atoms with Crippen LogP contribution in [0, 0.1) is 25.1 Å². The Bertz CT molecular complexity index is 3630. The first-order chi connectivity index (χ1) is 32.7. The van der Waals surface area contributed by atoms with Crippen LogP contribution in [0.2, 0.25) is 19.6 Å². The molecule has 0 aliphatic carbocycles. The SMILES string of the molecule is [2H]C([2H])([2H])c1cnc(-c2[c-]ccc3c2oc2cc4ccc5ccccc5c4cc23)cc1-c1ccccc1.[2H]C([2H])(c1ccccc1)c1cc(-c2[c-]ccc(-c3ccccc3)c2)[c-]cc1[Si](C)(C)C.[Ir+3]. The normalized spacial score (nSPS) is 13.0. The minimum absolute atomic E-state index is 0. The molecule has 0 bridgehead atoms. The van der Waals surface area contributed by atoms with Crippen LogP contribution in [0.15, 0.2) is 199 Å². The van der Waals surface area contributed by atoms with Crippen LogP contribution in [0.5, 0.6) is 0 Å². The molecule has 2 nitrogen and oxygen atoms in total. The Balaban J connectivity index is 0.000000172. The Morgan fingerprint density at radius 3 is 2.05 bits per heavy atom. The van der Waals surface area contributed by atoms with Gasteiger partial charge in [0.15, 0.2) is 0 Å². The Labute approximate surface area is 397 Å². The van der Waals surface area contributed by atoms with Gasteiger partial charge in [0.1, 0.15) is 5.58 Å². The van der Waals surface area contributed by atoms with Gasteiger partial charge in [0.25, 0.3) is 0 Å². The van der Waals surface area contributed by atoms with Gasteiger partial charge in [0.2, 0.25) is 0 Å². The summed E-state index contributed by atoms with van der Waals surface area (Å²) >= 11 is 0. The largest absolute Gasteiger partial charge is 3.00 e. The van der Waals surface area contributed by atoms with E-state index in [1.54, 1.807) is 0 Å². The molecule has 0 unspecified atom stereocenters. The van der Waals surface area contributed by atoms with Crippen molar-refractivity contribution in [1.82, 2.24) is 4.98 Å². The molecule has 11 aromatic rings. The van der Waals surface area contributed by atoms with E-state index in [0.717, 1.165) is 60.3 Å². The fraction of sp³-hybridized carbons (Fsp3) is 0.0833. The third-order valence-electron chi connectivity index (χ3n) is 11.6. The number of fused-ring (bicyclic) bond motifs is 6. The second-order valence-corrected chi connectivity index (χ2v) is 21.8. The van der Waals surface area contributed by atoms with Crippen molar-refractivity contribution >= 4 is 56.7 Å². The van der Waals surface area contributed by atoms with Crippen LogP contribution < -0.4 is 5.19 Å². The van der Waals surface area contributed by atoms with E-state index in [4.69, 9.17) is 11.3 Å². The van der Waals surface area contributed by atoms with Crippen molar-refractivity contribution in [2.75, 3.05) is 0 Å². The van der Waals surface area contributed by atoms with Gasteiger partial charge >= 0.3 is 20.1 Å². The minimum Gasteiger partial charge on any atom is -0.501 e. The maximum Gasteiger partial charge on any atom is 3.00 e. The van der Waals surface area contributed by atoms with Gasteiger partial charge in [-0.3, -0.25) is 0 Å². The molecule has 0 saturated heterocycles. The minimum atomic E-state index is -2.28. The number of rotatable bonds is 7. The number of nitrogens with zero attached hydrogens (tertiary/aromatic N) is 1. The Kier molecular flexibility index (Phi) is 10.5. The van der Waals surface area contributed by atoms with Crippen molar-refractivity contribution < 1.29 is 31.4 Å². The van der Waals surface area contributed by atoms with Gasteiger partial charge < -0.3 is 9.40 Å². The summed E-state index contributed by atoms with van der Waals surface area (Å²) in [6, 6.07) is 72.1. The van der Waals surface area contributed by atoms with Gasteiger partial charge in [-0.15, -0.1) is 40.6 Å². The molecule has 2 heterocycles. The Hall–Kier alpha value is -6.68. The molecule has 0 spiro atoms. The average molecular weight is 1020 g/mol. The van der Waals surface area contributed by atoms with Crippen LogP contribution in [0.1, 0.15) is 23.5 Å². The predicted molar refractivity (Wildman–Crippen MR) is 268 cm³/mol. The van der Waals surface area contributed by atoms with Crippen LogP contribution in [0.4, 0.5) is 0 Å². The van der Waals surface area contributed by atoms with Crippen LogP contribution in [-0.2, 0) is 26.5 Å². The van der Waals surface area contributed by atoms with E-state index in [1.165, 1.54) is 22.4 Å². The average Bonchev–Trinajstić information content (AvgIpc) is 3.73. The quantitative estimate of drug-likeness (QED) is 0.0903. The van der Waals surface area contributed by atoms with Crippen LogP contribution in [-0.4, -0.2) is 13.1 Å². The summed E-state index contributed by atoms with van der Waals surface area (Å²) in [7, 11) is -1.79. The zero-order valence-electron chi connectivity index (χ0n) is 40.7. The van der Waals surface area contributed by atoms with E-state index in [9.17, 15) is 0 Å². The number of aryl methyl sites for hydroxylation is 1. The third-order valence-corrected chi connectivity index (χ3v) is 13.6. The molecule has 0 atom stereocenters. The van der Waals surface area contributed by atoms with Crippen molar-refractivity contribution in [3.8, 4) is 44.6 Å². The van der Waals surface area contributed by atoms with Crippen molar-refractivity contribution in [3.63, 3.8) is 0 Å². The number of hydrogen-bond donors (Lipinski definition) is 0. The summed E-state index contributed by atoms with van der Waals surface area (Å²) in [5.41, 5.74) is 9.95. The smallest absolute Gasteiger partial charge is 0.501 e. The molecule has 0 radical (unpaired) electrons. The molecule has 4 heteroatoms. The monoisotopic (exact) mass is 1020 g/mol. The number of pyridine rings is 1. The van der Waals surface area contributed by atoms with Gasteiger partial charge in [-0.1, -0.05) is 164 Å². The molecule has 11 rings (SSSR count). The molecular formula is C60H46IrNOSi. The van der Waals surface area contributed by atoms with Crippen LogP contribution >= 0.6 is 0 Å². The van der Waals surface area contributed by atoms with Crippen molar-refractivity contribution in [2.45, 2.75) is 32.9 Å². The summed E-state index contributed by atoms with van der Waals surface area (Å²) in [5.74, 6) is 0. The first-order valence-electron chi connectivity index (χ1n) is 23.7. The number of furan rings is 1. The van der Waals surface area contributed by atoms with Crippen molar-refractivity contribution in [1.29, 1.82) is 0 Å². The summed E-state index contributed by atoms with van der Waals surface area (Å²) in [5, 5.41) is 7.79. The Morgan fingerprint density at radius 1 is 0.594 bits per heavy atom. The van der Waals surface area contributed by atoms with Crippen molar-refractivity contribution in [2.24, 2.45) is 0 Å². The molecule has 0 N–H and O–H groups in total. The van der Waals surface area contributed by atoms with Crippen LogP contribution in [0.25, 0.3) is 88.1 Å². The molecule has 9 aromatic carbocycles. The maximum atomic E-state index is 9.03. The zero-order chi connectivity index (χ0) is 47.2. The summed E-state index contributed by atoms with van der Waals surface area (Å²) < 4.78 is 48.6. The van der Waals surface area contributed by atoms with Gasteiger partial charge in [-0.2, -0.15) is 36.4 Å². The van der Waals surface area contributed by atoms with E-state index in [0.29, 0.717) is 28.0 Å². The van der Waals surface area contributed by atoms with E-state index >= 15 is 0 Å². The topological polar surface area (TPSA) is 26.0 Å². The van der Waals surface area contributed by atoms with Gasteiger partial charge in [0.05, 0.1) is 5.58 Å². The molecule has 0 aliphatic rings. The molecule has 2 aromatic heterocycles. The van der Waals surface area contributed by atoms with Gasteiger partial charge in [-0.25, -0.2) is 11.1 Å². The molecule has 310 valence electrons. The van der Waals surface area contributed by atoms with E-state index in [2.05, 4.69) is 116 Å². The van der Waals surface area contributed by atoms with E-state index in [-0.39, 0.29) is 25.7 Å². The summed E-state index contributed by atoms with van der Waals surface area (Å²) in [6.07, 6.45) is -0.127. The molecule has 64 heavy (non-hydrogen) atoms. The second kappa shape index (κ2) is 18.2. The van der Waals surface area contributed by atoms with Gasteiger partial charge in [0, 0.05) is 26.5 Å². The zero-order valence-corrected chi connectivity index (χ0v) is 39.1. The van der Waals surface area contributed by atoms with Crippen LogP contribution in [0.3, 0.4) is 0 Å². The Morgan fingerprint density at radius 2 is 1.28 bits per heavy atom. The second-order valence-electron chi connectivity index (χ2n) is 16.8. The first kappa shape index (κ1) is 36.8. The number of aromatic nitrogens is 1. The van der Waals surface area contributed by atoms with Gasteiger partial charge in [-0.05, 0) is 80.4 Å². The molecular weight excluding hydrogens is 971 g/mol. The summed E-state index contributed by atoms with van der Waals surface area (Å²) in [6.45, 7) is 4.47. The maximum absolute atomic E-state index is 9.03. The molecule has 0 saturated carbocycles. The third kappa shape index (κ3) is 8.66. The van der Waals surface area contributed by atoms with E-state index < -0.39 is 21.3 Å². The molecule has 0 amide bonds. The summed E-state index contributed by atoms with van der Waals surface area (Å²) in [4.78, 5) is 4.57. The predicted octanol–water partition coefficient (Wildman–Crippen LogP) is 15.5. The first-order valence-corrected chi connectivity index (χ1v) is 24.7. The number of hydrogen-bond acceptors (Lipinski definition) is 2.